The average molecular weight is 442 g/mol. The molecule has 8 nitrogen and oxygen atoms in total. The number of nitrogens with zero attached hydrogens (tertiary/aromatic N) is 2. The van der Waals surface area contributed by atoms with Gasteiger partial charge in [0.25, 0.3) is 11.8 Å². The summed E-state index contributed by atoms with van der Waals surface area (Å²) < 4.78 is 23.0. The molecular weight excluding hydrogens is 418 g/mol. The molecule has 1 N–H and O–H groups in total. The van der Waals surface area contributed by atoms with E-state index in [0.717, 1.165) is 11.8 Å². The van der Waals surface area contributed by atoms with Crippen LogP contribution < -0.4 is 10.2 Å². The van der Waals surface area contributed by atoms with Gasteiger partial charge in [-0.05, 0) is 17.7 Å². The van der Waals surface area contributed by atoms with Crippen LogP contribution in [0.4, 0.5) is 5.69 Å². The van der Waals surface area contributed by atoms with Crippen molar-refractivity contribution in [3.05, 3.63) is 65.7 Å². The minimum Gasteiger partial charge on any atom is -0.351 e. The maximum atomic E-state index is 13.5. The lowest BCUT2D eigenvalue weighted by Gasteiger charge is -2.49. The van der Waals surface area contributed by atoms with Gasteiger partial charge in [0.15, 0.2) is 0 Å². The largest absolute Gasteiger partial charge is 0.351 e. The molecule has 162 valence electrons. The zero-order valence-corrected chi connectivity index (χ0v) is 17.9. The number of hydrogen-bond donors (Lipinski definition) is 1. The quantitative estimate of drug-likeness (QED) is 0.728. The second-order valence-electron chi connectivity index (χ2n) is 7.83. The summed E-state index contributed by atoms with van der Waals surface area (Å²) >= 11 is 0. The third-order valence-corrected chi connectivity index (χ3v) is 6.63. The molecule has 2 aromatic carbocycles. The van der Waals surface area contributed by atoms with E-state index in [2.05, 4.69) is 5.32 Å². The minimum absolute atomic E-state index is 0.101. The van der Waals surface area contributed by atoms with E-state index in [9.17, 15) is 22.8 Å². The lowest BCUT2D eigenvalue weighted by atomic mass is 9.94. The number of carbonyl (C=O) groups is 3. The van der Waals surface area contributed by atoms with Gasteiger partial charge < -0.3 is 10.2 Å². The zero-order chi connectivity index (χ0) is 22.2. The molecule has 0 bridgehead atoms. The van der Waals surface area contributed by atoms with Crippen molar-refractivity contribution in [2.45, 2.75) is 25.0 Å². The topological polar surface area (TPSA) is 104 Å². The Balaban J connectivity index is 1.79. The Morgan fingerprint density at radius 2 is 1.74 bits per heavy atom. The van der Waals surface area contributed by atoms with Gasteiger partial charge in [0.05, 0.1) is 17.0 Å². The molecule has 3 amide bonds. The molecule has 0 radical (unpaired) electrons. The predicted molar refractivity (Wildman–Crippen MR) is 115 cm³/mol. The molecule has 1 atom stereocenters. The lowest BCUT2D eigenvalue weighted by molar-refractivity contribution is -0.133. The van der Waals surface area contributed by atoms with E-state index in [1.807, 2.05) is 30.3 Å². The highest BCUT2D eigenvalue weighted by Crippen LogP contribution is 2.45. The highest BCUT2D eigenvalue weighted by atomic mass is 32.2. The molecule has 0 aliphatic carbocycles. The van der Waals surface area contributed by atoms with Gasteiger partial charge in [0.2, 0.25) is 11.6 Å². The first kappa shape index (κ1) is 21.0. The first-order valence-electron chi connectivity index (χ1n) is 9.98. The fourth-order valence-corrected chi connectivity index (χ4v) is 4.73. The number of benzene rings is 2. The zero-order valence-electron chi connectivity index (χ0n) is 17.1. The number of anilines is 1. The van der Waals surface area contributed by atoms with Crippen LogP contribution >= 0.6 is 0 Å². The molecule has 1 unspecified atom stereocenters. The van der Waals surface area contributed by atoms with Crippen molar-refractivity contribution in [2.24, 2.45) is 0 Å². The highest BCUT2D eigenvalue weighted by molar-refractivity contribution is 7.90. The van der Waals surface area contributed by atoms with Crippen LogP contribution in [0.1, 0.15) is 28.8 Å². The fraction of sp³-hybridized carbons (Fsp3) is 0.318. The van der Waals surface area contributed by atoms with Gasteiger partial charge >= 0.3 is 0 Å². The Hall–Kier alpha value is -3.20. The first-order chi connectivity index (χ1) is 14.7. The van der Waals surface area contributed by atoms with Gasteiger partial charge in [-0.15, -0.1) is 0 Å². The molecule has 1 saturated heterocycles. The summed E-state index contributed by atoms with van der Waals surface area (Å²) in [5.74, 6) is -1.38. The van der Waals surface area contributed by atoms with Crippen LogP contribution in [-0.4, -0.2) is 55.3 Å². The highest BCUT2D eigenvalue weighted by Gasteiger charge is 2.60. The number of nitrogens with one attached hydrogen (secondary N) is 1. The first-order valence-corrected chi connectivity index (χ1v) is 12.0. The Kier molecular flexibility index (Phi) is 5.30. The summed E-state index contributed by atoms with van der Waals surface area (Å²) in [6.45, 7) is 0.0355. The van der Waals surface area contributed by atoms with Gasteiger partial charge in [-0.2, -0.15) is 0 Å². The molecule has 31 heavy (non-hydrogen) atoms. The van der Waals surface area contributed by atoms with Crippen LogP contribution in [0, 0.1) is 0 Å². The predicted octanol–water partition coefficient (Wildman–Crippen LogP) is 1.33. The number of para-hydroxylation sites is 1. The second kappa shape index (κ2) is 7.81. The Labute approximate surface area is 180 Å². The molecule has 2 aliphatic rings. The molecule has 2 heterocycles. The summed E-state index contributed by atoms with van der Waals surface area (Å²) in [6, 6.07) is 16.0. The number of carbonyl (C=O) groups excluding carboxylic acids is 3. The monoisotopic (exact) mass is 441 g/mol. The second-order valence-corrected chi connectivity index (χ2v) is 10.1. The molecule has 2 aromatic rings. The van der Waals surface area contributed by atoms with Crippen molar-refractivity contribution in [3.63, 3.8) is 0 Å². The van der Waals surface area contributed by atoms with Crippen LogP contribution in [0.25, 0.3) is 0 Å². The van der Waals surface area contributed by atoms with Crippen LogP contribution in [-0.2, 0) is 26.0 Å². The van der Waals surface area contributed by atoms with Crippen molar-refractivity contribution in [2.75, 3.05) is 23.5 Å². The van der Waals surface area contributed by atoms with E-state index in [1.165, 1.54) is 9.80 Å². The van der Waals surface area contributed by atoms with Crippen LogP contribution in [0.2, 0.25) is 0 Å². The van der Waals surface area contributed by atoms with Crippen molar-refractivity contribution in [3.8, 4) is 0 Å². The molecule has 0 aromatic heterocycles. The Bertz CT molecular complexity index is 1150. The molecule has 4 rings (SSSR count). The molecule has 0 saturated carbocycles. The number of rotatable bonds is 6. The summed E-state index contributed by atoms with van der Waals surface area (Å²) in [5, 5.41) is 2.65. The maximum Gasteiger partial charge on any atom is 0.267 e. The molecule has 2 aliphatic heterocycles. The van der Waals surface area contributed by atoms with E-state index in [0.29, 0.717) is 11.3 Å². The third-order valence-electron chi connectivity index (χ3n) is 5.68. The normalized spacial score (nSPS) is 20.4. The summed E-state index contributed by atoms with van der Waals surface area (Å²) in [7, 11) is -3.28. The van der Waals surface area contributed by atoms with Crippen molar-refractivity contribution < 1.29 is 22.8 Å². The summed E-state index contributed by atoms with van der Waals surface area (Å²) in [4.78, 5) is 42.8. The molecular formula is C22H23N3O5S. The molecule has 0 spiro atoms. The Morgan fingerprint density at radius 1 is 1.06 bits per heavy atom. The van der Waals surface area contributed by atoms with E-state index in [1.54, 1.807) is 24.3 Å². The van der Waals surface area contributed by atoms with Gasteiger partial charge in [0, 0.05) is 32.2 Å². The smallest absolute Gasteiger partial charge is 0.267 e. The van der Waals surface area contributed by atoms with E-state index in [-0.39, 0.29) is 43.5 Å². The van der Waals surface area contributed by atoms with Crippen molar-refractivity contribution in [1.82, 2.24) is 10.2 Å². The van der Waals surface area contributed by atoms with Crippen LogP contribution in [0.5, 0.6) is 0 Å². The van der Waals surface area contributed by atoms with Gasteiger partial charge in [-0.1, -0.05) is 42.5 Å². The molecule has 1 fully saturated rings. The van der Waals surface area contributed by atoms with Crippen LogP contribution in [0.3, 0.4) is 0 Å². The van der Waals surface area contributed by atoms with Gasteiger partial charge in [-0.3, -0.25) is 19.3 Å². The van der Waals surface area contributed by atoms with E-state index >= 15 is 0 Å². The fourth-order valence-electron chi connectivity index (χ4n) is 4.26. The summed E-state index contributed by atoms with van der Waals surface area (Å²) in [6.07, 6.45) is 1.32. The Morgan fingerprint density at radius 3 is 2.45 bits per heavy atom. The van der Waals surface area contributed by atoms with Crippen LogP contribution in [0.15, 0.2) is 54.6 Å². The van der Waals surface area contributed by atoms with Crippen molar-refractivity contribution >= 4 is 33.2 Å². The molecule has 9 heteroatoms. The van der Waals surface area contributed by atoms with E-state index in [4.69, 9.17) is 0 Å². The van der Waals surface area contributed by atoms with Gasteiger partial charge in [0.1, 0.15) is 9.84 Å². The third kappa shape index (κ3) is 3.69. The standard InChI is InChI=1S/C22H23N3O5S/c1-31(29,30)14-13-23-21(28)22-12-11-19(26)25(22)18-10-6-5-9-17(18)20(27)24(22)15-16-7-3-2-4-8-16/h2-10H,11-15H2,1H3,(H,23,28). The minimum atomic E-state index is -3.28. The van der Waals surface area contributed by atoms with E-state index < -0.39 is 21.4 Å². The number of hydrogen-bond acceptors (Lipinski definition) is 5. The number of fused-ring (bicyclic) bond motifs is 3. The van der Waals surface area contributed by atoms with Crippen molar-refractivity contribution in [1.29, 1.82) is 0 Å². The SMILES string of the molecule is CS(=O)(=O)CCNC(=O)C12CCC(=O)N1c1ccccc1C(=O)N2Cc1ccccc1. The lowest BCUT2D eigenvalue weighted by Crippen LogP contribution is -2.70. The average Bonchev–Trinajstić information content (AvgIpc) is 3.09. The number of amides is 3. The summed E-state index contributed by atoms with van der Waals surface area (Å²) in [5.41, 5.74) is 0.0271. The van der Waals surface area contributed by atoms with Gasteiger partial charge in [-0.25, -0.2) is 8.42 Å². The number of sulfone groups is 1. The maximum absolute atomic E-state index is 13.5.